The summed E-state index contributed by atoms with van der Waals surface area (Å²) in [5, 5.41) is 0. The topological polar surface area (TPSA) is 46.3 Å². The molecule has 3 rings (SSSR count). The smallest absolute Gasteiger partial charge is 0.242 e. The van der Waals surface area contributed by atoms with Gasteiger partial charge >= 0.3 is 0 Å². The average molecular weight is 300 g/mol. The molecule has 3 nitrogen and oxygen atoms in total. The third-order valence-electron chi connectivity index (χ3n) is 5.59. The third-order valence-corrected chi connectivity index (χ3v) is 5.59. The maximum absolute atomic E-state index is 12.9. The fraction of sp³-hybridized carbons (Fsp3) is 0.632. The first-order valence-electron chi connectivity index (χ1n) is 8.73. The van der Waals surface area contributed by atoms with Crippen molar-refractivity contribution in [3.63, 3.8) is 0 Å². The predicted molar refractivity (Wildman–Crippen MR) is 89.5 cm³/mol. The van der Waals surface area contributed by atoms with Crippen LogP contribution in [0.25, 0.3) is 0 Å². The summed E-state index contributed by atoms with van der Waals surface area (Å²) in [6.07, 6.45) is 6.18. The van der Waals surface area contributed by atoms with Gasteiger partial charge in [-0.3, -0.25) is 4.79 Å². The van der Waals surface area contributed by atoms with Gasteiger partial charge in [-0.15, -0.1) is 0 Å². The molecule has 2 fully saturated rings. The third kappa shape index (κ3) is 3.05. The zero-order valence-electron chi connectivity index (χ0n) is 13.6. The maximum Gasteiger partial charge on any atom is 0.242 e. The maximum atomic E-state index is 12.9. The number of nitrogens with two attached hydrogens (primary N) is 1. The van der Waals surface area contributed by atoms with E-state index in [1.54, 1.807) is 0 Å². The largest absolute Gasteiger partial charge is 0.341 e. The first kappa shape index (κ1) is 15.5. The lowest BCUT2D eigenvalue weighted by Crippen LogP contribution is -2.58. The zero-order valence-corrected chi connectivity index (χ0v) is 13.6. The van der Waals surface area contributed by atoms with E-state index in [0.717, 1.165) is 45.2 Å². The van der Waals surface area contributed by atoms with E-state index in [9.17, 15) is 4.79 Å². The summed E-state index contributed by atoms with van der Waals surface area (Å²) in [7, 11) is 0. The molecule has 2 aliphatic rings. The van der Waals surface area contributed by atoms with E-state index in [-0.39, 0.29) is 5.91 Å². The van der Waals surface area contributed by atoms with Crippen LogP contribution in [0.4, 0.5) is 0 Å². The second-order valence-corrected chi connectivity index (χ2v) is 7.25. The van der Waals surface area contributed by atoms with Gasteiger partial charge in [-0.1, -0.05) is 56.5 Å². The Morgan fingerprint density at radius 3 is 2.50 bits per heavy atom. The Kier molecular flexibility index (Phi) is 4.53. The number of hydrogen-bond acceptors (Lipinski definition) is 2. The zero-order chi connectivity index (χ0) is 15.6. The van der Waals surface area contributed by atoms with Crippen molar-refractivity contribution in [2.75, 3.05) is 13.1 Å². The number of carbonyl (C=O) groups is 1. The van der Waals surface area contributed by atoms with Crippen LogP contribution in [0.2, 0.25) is 0 Å². The van der Waals surface area contributed by atoms with Crippen LogP contribution >= 0.6 is 0 Å². The van der Waals surface area contributed by atoms with Crippen molar-refractivity contribution >= 4 is 5.91 Å². The minimum absolute atomic E-state index is 0.200. The van der Waals surface area contributed by atoms with E-state index < -0.39 is 5.54 Å². The Bertz CT molecular complexity index is 507. The molecule has 2 unspecified atom stereocenters. The van der Waals surface area contributed by atoms with Gasteiger partial charge in [0.2, 0.25) is 5.91 Å². The first-order chi connectivity index (χ1) is 10.6. The molecule has 22 heavy (non-hydrogen) atoms. The van der Waals surface area contributed by atoms with Crippen LogP contribution < -0.4 is 5.73 Å². The summed E-state index contributed by atoms with van der Waals surface area (Å²) in [6.45, 7) is 3.96. The van der Waals surface area contributed by atoms with Crippen LogP contribution in [-0.2, 0) is 4.79 Å². The molecule has 0 spiro atoms. The van der Waals surface area contributed by atoms with Crippen molar-refractivity contribution in [2.24, 2.45) is 11.7 Å². The van der Waals surface area contributed by atoms with E-state index in [1.807, 2.05) is 4.90 Å². The van der Waals surface area contributed by atoms with Crippen molar-refractivity contribution in [1.29, 1.82) is 0 Å². The van der Waals surface area contributed by atoms with Gasteiger partial charge in [0.25, 0.3) is 0 Å². The van der Waals surface area contributed by atoms with E-state index >= 15 is 0 Å². The molecule has 0 bridgehead atoms. The molecule has 0 radical (unpaired) electrons. The van der Waals surface area contributed by atoms with Gasteiger partial charge < -0.3 is 10.6 Å². The van der Waals surface area contributed by atoms with Gasteiger partial charge in [0, 0.05) is 13.1 Å². The second-order valence-electron chi connectivity index (χ2n) is 7.25. The Morgan fingerprint density at radius 2 is 1.86 bits per heavy atom. The highest BCUT2D eigenvalue weighted by molar-refractivity contribution is 5.86. The standard InChI is InChI=1S/C19H28N2O/c1-15-14-21(18(22)19(20)11-6-3-7-12-19)13-10-17(15)16-8-4-2-5-9-16/h2,4-5,8-9,15,17H,3,6-7,10-14,20H2,1H3. The molecule has 2 N–H and O–H groups in total. The van der Waals surface area contributed by atoms with Crippen molar-refractivity contribution < 1.29 is 4.79 Å². The number of benzene rings is 1. The summed E-state index contributed by atoms with van der Waals surface area (Å²) in [4.78, 5) is 14.9. The quantitative estimate of drug-likeness (QED) is 0.911. The molecule has 1 aromatic carbocycles. The number of likely N-dealkylation sites (tertiary alicyclic amines) is 1. The molecule has 1 saturated heterocycles. The summed E-state index contributed by atoms with van der Waals surface area (Å²) in [6, 6.07) is 10.7. The fourth-order valence-corrected chi connectivity index (χ4v) is 4.24. The number of hydrogen-bond donors (Lipinski definition) is 1. The molecule has 1 amide bonds. The molecular formula is C19H28N2O. The lowest BCUT2D eigenvalue weighted by atomic mass is 9.78. The van der Waals surface area contributed by atoms with Crippen molar-refractivity contribution in [3.05, 3.63) is 35.9 Å². The van der Waals surface area contributed by atoms with Gasteiger partial charge in [0.05, 0.1) is 5.54 Å². The molecule has 0 aromatic heterocycles. The molecule has 1 aliphatic heterocycles. The lowest BCUT2D eigenvalue weighted by Gasteiger charge is -2.42. The first-order valence-corrected chi connectivity index (χ1v) is 8.73. The summed E-state index contributed by atoms with van der Waals surface area (Å²) >= 11 is 0. The molecule has 1 heterocycles. The van der Waals surface area contributed by atoms with Crippen LogP contribution in [0.3, 0.4) is 0 Å². The fourth-order valence-electron chi connectivity index (χ4n) is 4.24. The average Bonchev–Trinajstić information content (AvgIpc) is 2.55. The van der Waals surface area contributed by atoms with E-state index in [2.05, 4.69) is 37.3 Å². The highest BCUT2D eigenvalue weighted by Crippen LogP contribution is 2.35. The lowest BCUT2D eigenvalue weighted by molar-refractivity contribution is -0.140. The van der Waals surface area contributed by atoms with Crippen molar-refractivity contribution in [1.82, 2.24) is 4.90 Å². The molecule has 1 aromatic rings. The number of amides is 1. The highest BCUT2D eigenvalue weighted by atomic mass is 16.2. The van der Waals surface area contributed by atoms with Crippen molar-refractivity contribution in [2.45, 2.75) is 56.9 Å². The predicted octanol–water partition coefficient (Wildman–Crippen LogP) is 3.30. The minimum atomic E-state index is -0.586. The van der Waals surface area contributed by atoms with Crippen molar-refractivity contribution in [3.8, 4) is 0 Å². The van der Waals surface area contributed by atoms with Crippen LogP contribution in [0.5, 0.6) is 0 Å². The Hall–Kier alpha value is -1.35. The summed E-state index contributed by atoms with van der Waals surface area (Å²) < 4.78 is 0. The van der Waals surface area contributed by atoms with Gasteiger partial charge in [-0.05, 0) is 36.7 Å². The minimum Gasteiger partial charge on any atom is -0.341 e. The monoisotopic (exact) mass is 300 g/mol. The second kappa shape index (κ2) is 6.41. The Morgan fingerprint density at radius 1 is 1.18 bits per heavy atom. The number of nitrogens with zero attached hydrogens (tertiary/aromatic N) is 1. The van der Waals surface area contributed by atoms with Gasteiger partial charge in [0.1, 0.15) is 0 Å². The number of rotatable bonds is 2. The molecule has 2 atom stereocenters. The Labute approximate surface area is 133 Å². The van der Waals surface area contributed by atoms with Crippen LogP contribution in [0.1, 0.15) is 56.9 Å². The van der Waals surface area contributed by atoms with Crippen LogP contribution in [0, 0.1) is 5.92 Å². The molecular weight excluding hydrogens is 272 g/mol. The highest BCUT2D eigenvalue weighted by Gasteiger charge is 2.40. The van der Waals surface area contributed by atoms with E-state index in [1.165, 1.54) is 12.0 Å². The summed E-state index contributed by atoms with van der Waals surface area (Å²) in [5.74, 6) is 1.25. The van der Waals surface area contributed by atoms with E-state index in [4.69, 9.17) is 5.73 Å². The van der Waals surface area contributed by atoms with Gasteiger partial charge in [-0.2, -0.15) is 0 Å². The van der Waals surface area contributed by atoms with Crippen LogP contribution in [0.15, 0.2) is 30.3 Å². The number of carbonyl (C=O) groups excluding carboxylic acids is 1. The molecule has 120 valence electrons. The molecule has 1 saturated carbocycles. The summed E-state index contributed by atoms with van der Waals surface area (Å²) in [5.41, 5.74) is 7.25. The van der Waals surface area contributed by atoms with E-state index in [0.29, 0.717) is 11.8 Å². The molecule has 3 heteroatoms. The van der Waals surface area contributed by atoms with Crippen LogP contribution in [-0.4, -0.2) is 29.4 Å². The molecule has 1 aliphatic carbocycles. The SMILES string of the molecule is CC1CN(C(=O)C2(N)CCCCC2)CCC1c1ccccc1. The normalized spacial score (nSPS) is 28.4. The van der Waals surface area contributed by atoms with Gasteiger partial charge in [-0.25, -0.2) is 0 Å². The number of piperidine rings is 1. The van der Waals surface area contributed by atoms with Gasteiger partial charge in [0.15, 0.2) is 0 Å². The Balaban J connectivity index is 1.66.